The van der Waals surface area contributed by atoms with Crippen LogP contribution in [0.25, 0.3) is 0 Å². The molecule has 1 heterocycles. The van der Waals surface area contributed by atoms with Gasteiger partial charge in [0, 0.05) is 12.8 Å². The molecular weight excluding hydrogens is 773 g/mol. The zero-order chi connectivity index (χ0) is 44.4. The monoisotopic (exact) mass is 865 g/mol. The summed E-state index contributed by atoms with van der Waals surface area (Å²) < 4.78 is 22.2. The minimum absolute atomic E-state index is 0.219. The standard InChI is InChI=1S/C51H92O10/c1-3-5-7-9-11-13-15-17-19-21-22-24-26-28-30-32-34-36-38-40-47(54)60-44(43-59-51-50(57)49(56)48(55)45(41-52)61-51)42-58-46(53)39-37-35-33-31-29-27-25-23-20-18-16-14-12-10-8-6-4-2/h11,13-14,16-17,19,44-45,48-52,55-57H,3-10,12,15,18,20-43H2,1-2H3/b13-11+,16-14+,19-17+/t44-,45-,48+,49?,50?,51-/m1/s1. The minimum atomic E-state index is -1.60. The van der Waals surface area contributed by atoms with Crippen LogP contribution in [0.1, 0.15) is 219 Å². The van der Waals surface area contributed by atoms with Crippen molar-refractivity contribution in [1.82, 2.24) is 0 Å². The molecule has 0 aromatic heterocycles. The molecule has 356 valence electrons. The van der Waals surface area contributed by atoms with Crippen LogP contribution in [0.15, 0.2) is 36.5 Å². The number of unbranched alkanes of at least 4 members (excludes halogenated alkanes) is 25. The molecule has 6 atom stereocenters. The van der Waals surface area contributed by atoms with Crippen LogP contribution in [-0.2, 0) is 28.5 Å². The molecule has 10 heteroatoms. The summed E-state index contributed by atoms with van der Waals surface area (Å²) in [7, 11) is 0. The molecule has 1 rings (SSSR count). The third-order valence-electron chi connectivity index (χ3n) is 11.5. The molecule has 0 saturated carbocycles. The molecule has 0 spiro atoms. The molecule has 10 nitrogen and oxygen atoms in total. The van der Waals surface area contributed by atoms with Crippen LogP contribution in [0.2, 0.25) is 0 Å². The summed E-state index contributed by atoms with van der Waals surface area (Å²) in [6.07, 6.45) is 41.4. The van der Waals surface area contributed by atoms with Gasteiger partial charge in [0.05, 0.1) is 13.2 Å². The van der Waals surface area contributed by atoms with E-state index in [1.807, 2.05) is 0 Å². The maximum atomic E-state index is 12.8. The predicted molar refractivity (Wildman–Crippen MR) is 247 cm³/mol. The lowest BCUT2D eigenvalue weighted by Gasteiger charge is -2.39. The van der Waals surface area contributed by atoms with Gasteiger partial charge in [-0.15, -0.1) is 0 Å². The highest BCUT2D eigenvalue weighted by atomic mass is 16.7. The van der Waals surface area contributed by atoms with Gasteiger partial charge < -0.3 is 39.4 Å². The summed E-state index contributed by atoms with van der Waals surface area (Å²) in [5, 5.41) is 40.2. The molecule has 2 unspecified atom stereocenters. The number of rotatable bonds is 42. The van der Waals surface area contributed by atoms with Crippen molar-refractivity contribution in [2.24, 2.45) is 0 Å². The summed E-state index contributed by atoms with van der Waals surface area (Å²) >= 11 is 0. The molecular formula is C51H92O10. The number of carbonyl (C=O) groups excluding carboxylic acids is 2. The first-order chi connectivity index (χ1) is 29.8. The highest BCUT2D eigenvalue weighted by Gasteiger charge is 2.44. The molecule has 0 aliphatic carbocycles. The van der Waals surface area contributed by atoms with Crippen molar-refractivity contribution in [3.8, 4) is 0 Å². The van der Waals surface area contributed by atoms with E-state index in [-0.39, 0.29) is 32.0 Å². The molecule has 1 aliphatic rings. The zero-order valence-electron chi connectivity index (χ0n) is 38.9. The van der Waals surface area contributed by atoms with Crippen LogP contribution in [0, 0.1) is 0 Å². The van der Waals surface area contributed by atoms with E-state index in [9.17, 15) is 30.0 Å². The van der Waals surface area contributed by atoms with Gasteiger partial charge in [-0.1, -0.05) is 172 Å². The highest BCUT2D eigenvalue weighted by Crippen LogP contribution is 2.23. The normalized spacial score (nSPS) is 20.0. The molecule has 4 N–H and O–H groups in total. The molecule has 1 aliphatic heterocycles. The smallest absolute Gasteiger partial charge is 0.306 e. The van der Waals surface area contributed by atoms with E-state index in [1.165, 1.54) is 128 Å². The predicted octanol–water partition coefficient (Wildman–Crippen LogP) is 11.4. The average Bonchev–Trinajstić information content (AvgIpc) is 3.26. The number of hydrogen-bond acceptors (Lipinski definition) is 10. The van der Waals surface area contributed by atoms with Crippen molar-refractivity contribution in [2.45, 2.75) is 256 Å². The van der Waals surface area contributed by atoms with E-state index in [1.54, 1.807) is 0 Å². The Bertz CT molecular complexity index is 1090. The van der Waals surface area contributed by atoms with Crippen molar-refractivity contribution in [3.05, 3.63) is 36.5 Å². The number of esters is 2. The highest BCUT2D eigenvalue weighted by molar-refractivity contribution is 5.70. The average molecular weight is 865 g/mol. The summed E-state index contributed by atoms with van der Waals surface area (Å²) in [5.74, 6) is -0.808. The number of aliphatic hydroxyl groups is 4. The lowest BCUT2D eigenvalue weighted by Crippen LogP contribution is -2.59. The lowest BCUT2D eigenvalue weighted by molar-refractivity contribution is -0.305. The number of carbonyl (C=O) groups is 2. The molecule has 0 amide bonds. The van der Waals surface area contributed by atoms with Crippen molar-refractivity contribution in [2.75, 3.05) is 19.8 Å². The van der Waals surface area contributed by atoms with E-state index < -0.39 is 49.4 Å². The first-order valence-electron chi connectivity index (χ1n) is 25.1. The van der Waals surface area contributed by atoms with Crippen molar-refractivity contribution in [1.29, 1.82) is 0 Å². The van der Waals surface area contributed by atoms with E-state index in [0.29, 0.717) is 6.42 Å². The van der Waals surface area contributed by atoms with Crippen LogP contribution in [-0.4, -0.2) is 89.0 Å². The zero-order valence-corrected chi connectivity index (χ0v) is 38.9. The third kappa shape index (κ3) is 33.1. The number of aliphatic hydroxyl groups excluding tert-OH is 4. The quantitative estimate of drug-likeness (QED) is 0.0265. The maximum Gasteiger partial charge on any atom is 0.306 e. The summed E-state index contributed by atoms with van der Waals surface area (Å²) in [6.45, 7) is 3.40. The van der Waals surface area contributed by atoms with Gasteiger partial charge in [-0.2, -0.15) is 0 Å². The number of allylic oxidation sites excluding steroid dienone is 6. The second-order valence-corrected chi connectivity index (χ2v) is 17.3. The van der Waals surface area contributed by atoms with E-state index >= 15 is 0 Å². The Hall–Kier alpha value is -2.08. The molecule has 1 fully saturated rings. The molecule has 0 bridgehead atoms. The Balaban J connectivity index is 2.28. The van der Waals surface area contributed by atoms with Gasteiger partial charge in [0.2, 0.25) is 0 Å². The summed E-state index contributed by atoms with van der Waals surface area (Å²) in [5.41, 5.74) is 0. The van der Waals surface area contributed by atoms with Crippen LogP contribution in [0.5, 0.6) is 0 Å². The SMILES string of the molecule is CCCCC/C=C/C/C=C/CCCCCCCCCCCC(=O)O[C@H](COC(=O)CCCCCCCCCCC/C=C/CCCCCC)CO[C@@H]1O[C@H](CO)[C@H](O)C(O)C1O. The Morgan fingerprint density at radius 2 is 0.918 bits per heavy atom. The van der Waals surface area contributed by atoms with Crippen molar-refractivity contribution < 1.29 is 49.0 Å². The molecule has 1 saturated heterocycles. The Morgan fingerprint density at radius 3 is 1.41 bits per heavy atom. The first-order valence-corrected chi connectivity index (χ1v) is 25.1. The number of hydrogen-bond donors (Lipinski definition) is 4. The topological polar surface area (TPSA) is 152 Å². The Morgan fingerprint density at radius 1 is 0.508 bits per heavy atom. The molecule has 61 heavy (non-hydrogen) atoms. The summed E-state index contributed by atoms with van der Waals surface area (Å²) in [4.78, 5) is 25.4. The fourth-order valence-corrected chi connectivity index (χ4v) is 7.51. The van der Waals surface area contributed by atoms with Gasteiger partial charge in [0.25, 0.3) is 0 Å². The maximum absolute atomic E-state index is 12.8. The Kier molecular flexibility index (Phi) is 39.1. The van der Waals surface area contributed by atoms with Crippen LogP contribution in [0.4, 0.5) is 0 Å². The minimum Gasteiger partial charge on any atom is -0.462 e. The van der Waals surface area contributed by atoms with Crippen LogP contribution < -0.4 is 0 Å². The summed E-state index contributed by atoms with van der Waals surface area (Å²) in [6, 6.07) is 0. The largest absolute Gasteiger partial charge is 0.462 e. The van der Waals surface area contributed by atoms with Gasteiger partial charge in [-0.05, 0) is 70.6 Å². The third-order valence-corrected chi connectivity index (χ3v) is 11.5. The molecule has 0 radical (unpaired) electrons. The van der Waals surface area contributed by atoms with Crippen LogP contribution >= 0.6 is 0 Å². The fourth-order valence-electron chi connectivity index (χ4n) is 7.51. The van der Waals surface area contributed by atoms with Crippen molar-refractivity contribution >= 4 is 11.9 Å². The van der Waals surface area contributed by atoms with E-state index in [0.717, 1.165) is 57.8 Å². The van der Waals surface area contributed by atoms with Gasteiger partial charge in [-0.3, -0.25) is 9.59 Å². The van der Waals surface area contributed by atoms with Gasteiger partial charge in [-0.25, -0.2) is 0 Å². The van der Waals surface area contributed by atoms with Crippen LogP contribution in [0.3, 0.4) is 0 Å². The molecule has 0 aromatic carbocycles. The Labute approximate surface area is 372 Å². The van der Waals surface area contributed by atoms with Gasteiger partial charge in [0.15, 0.2) is 12.4 Å². The van der Waals surface area contributed by atoms with E-state index in [4.69, 9.17) is 18.9 Å². The molecule has 0 aromatic rings. The number of ether oxygens (including phenoxy) is 4. The fraction of sp³-hybridized carbons (Fsp3) is 0.843. The van der Waals surface area contributed by atoms with Crippen molar-refractivity contribution in [3.63, 3.8) is 0 Å². The van der Waals surface area contributed by atoms with E-state index in [2.05, 4.69) is 50.3 Å². The van der Waals surface area contributed by atoms with Gasteiger partial charge >= 0.3 is 11.9 Å². The second-order valence-electron chi connectivity index (χ2n) is 17.3. The van der Waals surface area contributed by atoms with Gasteiger partial charge in [0.1, 0.15) is 31.0 Å². The second kappa shape index (κ2) is 41.9. The first kappa shape index (κ1) is 56.9. The lowest BCUT2D eigenvalue weighted by atomic mass is 9.99.